The van der Waals surface area contributed by atoms with Crippen molar-refractivity contribution in [1.82, 2.24) is 14.7 Å². The number of aromatic nitrogens is 2. The van der Waals surface area contributed by atoms with Gasteiger partial charge in [-0.3, -0.25) is 9.58 Å². The van der Waals surface area contributed by atoms with Gasteiger partial charge in [0.25, 0.3) is 0 Å². The smallest absolute Gasteiger partial charge is 0.0576 e. The maximum absolute atomic E-state index is 5.79. The molecule has 4 nitrogen and oxygen atoms in total. The largest absolute Gasteiger partial charge is 0.329 e. The number of rotatable bonds is 7. The Labute approximate surface area is 153 Å². The molecule has 3 rings (SSSR count). The van der Waals surface area contributed by atoms with Gasteiger partial charge in [-0.05, 0) is 17.7 Å². The Kier molecular flexibility index (Phi) is 6.99. The zero-order valence-corrected chi connectivity index (χ0v) is 15.4. The molecule has 24 heavy (non-hydrogen) atoms. The van der Waals surface area contributed by atoms with Gasteiger partial charge in [-0.25, -0.2) is 0 Å². The molecule has 0 unspecified atom stereocenters. The van der Waals surface area contributed by atoms with E-state index in [2.05, 4.69) is 58.7 Å². The van der Waals surface area contributed by atoms with Crippen molar-refractivity contribution in [2.75, 3.05) is 13.1 Å². The normalized spacial score (nSPS) is 10.8. The highest BCUT2D eigenvalue weighted by Gasteiger charge is 2.10. The molecule has 2 aromatic heterocycles. The van der Waals surface area contributed by atoms with Crippen LogP contribution < -0.4 is 5.73 Å². The van der Waals surface area contributed by atoms with E-state index in [9.17, 15) is 0 Å². The monoisotopic (exact) mass is 362 g/mol. The first-order chi connectivity index (χ1) is 11.2. The first-order valence-corrected chi connectivity index (χ1v) is 8.60. The number of hydrogen-bond donors (Lipinski definition) is 1. The second-order valence-electron chi connectivity index (χ2n) is 5.65. The van der Waals surface area contributed by atoms with E-state index in [-0.39, 0.29) is 12.4 Å². The molecule has 0 saturated heterocycles. The molecule has 0 bridgehead atoms. The van der Waals surface area contributed by atoms with Crippen LogP contribution >= 0.6 is 23.7 Å². The summed E-state index contributed by atoms with van der Waals surface area (Å²) in [6, 6.07) is 14.9. The van der Waals surface area contributed by atoms with E-state index in [1.807, 2.05) is 29.3 Å². The molecule has 0 amide bonds. The maximum Gasteiger partial charge on any atom is 0.0576 e. The number of nitrogens with zero attached hydrogens (tertiary/aromatic N) is 3. The van der Waals surface area contributed by atoms with E-state index < -0.39 is 0 Å². The molecule has 0 atom stereocenters. The molecule has 0 aliphatic carbocycles. The van der Waals surface area contributed by atoms with E-state index in [1.54, 1.807) is 0 Å². The summed E-state index contributed by atoms with van der Waals surface area (Å²) in [6.07, 6.45) is 3.97. The van der Waals surface area contributed by atoms with Crippen molar-refractivity contribution >= 4 is 23.7 Å². The van der Waals surface area contributed by atoms with Crippen LogP contribution in [0.3, 0.4) is 0 Å². The van der Waals surface area contributed by atoms with Gasteiger partial charge in [-0.1, -0.05) is 30.3 Å². The molecule has 2 heterocycles. The summed E-state index contributed by atoms with van der Waals surface area (Å²) in [5, 5.41) is 4.24. The summed E-state index contributed by atoms with van der Waals surface area (Å²) >= 11 is 1.83. The van der Waals surface area contributed by atoms with Crippen LogP contribution in [0.2, 0.25) is 0 Å². The van der Waals surface area contributed by atoms with Crippen LogP contribution in [0.25, 0.3) is 10.4 Å². The van der Waals surface area contributed by atoms with Gasteiger partial charge in [0.05, 0.1) is 6.20 Å². The van der Waals surface area contributed by atoms with Gasteiger partial charge < -0.3 is 5.73 Å². The van der Waals surface area contributed by atoms with E-state index >= 15 is 0 Å². The van der Waals surface area contributed by atoms with E-state index in [0.717, 1.165) is 19.6 Å². The molecule has 1 aromatic carbocycles. The number of nitrogens with two attached hydrogens (primary N) is 1. The minimum Gasteiger partial charge on any atom is -0.329 e. The molecule has 2 N–H and O–H groups in total. The van der Waals surface area contributed by atoms with E-state index in [1.165, 1.54) is 20.9 Å². The Morgan fingerprint density at radius 2 is 1.92 bits per heavy atom. The van der Waals surface area contributed by atoms with Crippen LogP contribution in [0.5, 0.6) is 0 Å². The van der Waals surface area contributed by atoms with Crippen molar-refractivity contribution < 1.29 is 0 Å². The molecule has 128 valence electrons. The Morgan fingerprint density at radius 3 is 2.58 bits per heavy atom. The minimum atomic E-state index is 0. The summed E-state index contributed by atoms with van der Waals surface area (Å²) < 4.78 is 1.84. The molecule has 6 heteroatoms. The minimum absolute atomic E-state index is 0. The van der Waals surface area contributed by atoms with Crippen LogP contribution in [0.1, 0.15) is 10.4 Å². The zero-order chi connectivity index (χ0) is 16.1. The van der Waals surface area contributed by atoms with Gasteiger partial charge in [0, 0.05) is 54.7 Å². The van der Waals surface area contributed by atoms with Crippen LogP contribution in [0, 0.1) is 0 Å². The highest BCUT2D eigenvalue weighted by Crippen LogP contribution is 2.28. The molecule has 0 fully saturated rings. The standard InChI is InChI=1S/C18H22N4S.ClH/c1-21-13-16(11-20-21)18-8-7-17(23-18)14-22(10-9-19)12-15-5-3-2-4-6-15;/h2-8,11,13H,9-10,12,14,19H2,1H3;1H. The van der Waals surface area contributed by atoms with E-state index in [0.29, 0.717) is 6.54 Å². The summed E-state index contributed by atoms with van der Waals surface area (Å²) in [6.45, 7) is 3.43. The van der Waals surface area contributed by atoms with Gasteiger partial charge in [0.2, 0.25) is 0 Å². The van der Waals surface area contributed by atoms with Crippen molar-refractivity contribution in [1.29, 1.82) is 0 Å². The quantitative estimate of drug-likeness (QED) is 0.699. The second-order valence-corrected chi connectivity index (χ2v) is 6.82. The molecule has 0 saturated carbocycles. The predicted octanol–water partition coefficient (Wildman–Crippen LogP) is 3.53. The fourth-order valence-corrected chi connectivity index (χ4v) is 3.65. The third kappa shape index (κ3) is 4.92. The fraction of sp³-hybridized carbons (Fsp3) is 0.278. The molecule has 0 radical (unpaired) electrons. The van der Waals surface area contributed by atoms with Crippen molar-refractivity contribution in [3.63, 3.8) is 0 Å². The zero-order valence-electron chi connectivity index (χ0n) is 13.8. The first-order valence-electron chi connectivity index (χ1n) is 7.78. The Balaban J connectivity index is 0.00000208. The molecular formula is C18H23ClN4S. The maximum atomic E-state index is 5.79. The third-order valence-electron chi connectivity index (χ3n) is 3.72. The van der Waals surface area contributed by atoms with E-state index in [4.69, 9.17) is 5.73 Å². The lowest BCUT2D eigenvalue weighted by Crippen LogP contribution is -2.28. The summed E-state index contributed by atoms with van der Waals surface area (Å²) in [7, 11) is 1.95. The van der Waals surface area contributed by atoms with Crippen LogP contribution in [-0.2, 0) is 20.1 Å². The molecule has 3 aromatic rings. The number of halogens is 1. The summed E-state index contributed by atoms with van der Waals surface area (Å²) in [5.74, 6) is 0. The third-order valence-corrected chi connectivity index (χ3v) is 4.84. The van der Waals surface area contributed by atoms with Crippen molar-refractivity contribution in [2.24, 2.45) is 12.8 Å². The van der Waals surface area contributed by atoms with Crippen molar-refractivity contribution in [3.05, 3.63) is 65.3 Å². The SMILES string of the molecule is Cl.Cn1cc(-c2ccc(CN(CCN)Cc3ccccc3)s2)cn1. The summed E-state index contributed by atoms with van der Waals surface area (Å²) in [4.78, 5) is 5.02. The Bertz CT molecular complexity index is 738. The molecule has 0 spiro atoms. The second kappa shape index (κ2) is 8.99. The molecule has 0 aliphatic heterocycles. The van der Waals surface area contributed by atoms with Crippen LogP contribution in [-0.4, -0.2) is 27.8 Å². The lowest BCUT2D eigenvalue weighted by atomic mass is 10.2. The van der Waals surface area contributed by atoms with Crippen LogP contribution in [0.4, 0.5) is 0 Å². The Morgan fingerprint density at radius 1 is 1.12 bits per heavy atom. The van der Waals surface area contributed by atoms with Crippen molar-refractivity contribution in [2.45, 2.75) is 13.1 Å². The fourth-order valence-electron chi connectivity index (χ4n) is 2.63. The van der Waals surface area contributed by atoms with Crippen LogP contribution in [0.15, 0.2) is 54.9 Å². The average molecular weight is 363 g/mol. The van der Waals surface area contributed by atoms with Gasteiger partial charge in [0.1, 0.15) is 0 Å². The predicted molar refractivity (Wildman–Crippen MR) is 103 cm³/mol. The van der Waals surface area contributed by atoms with Gasteiger partial charge in [-0.2, -0.15) is 5.10 Å². The first kappa shape index (κ1) is 18.7. The van der Waals surface area contributed by atoms with Gasteiger partial charge in [-0.15, -0.1) is 23.7 Å². The number of aryl methyl sites for hydroxylation is 1. The van der Waals surface area contributed by atoms with Gasteiger partial charge in [0.15, 0.2) is 0 Å². The number of hydrogen-bond acceptors (Lipinski definition) is 4. The average Bonchev–Trinajstić information content (AvgIpc) is 3.17. The van der Waals surface area contributed by atoms with Gasteiger partial charge >= 0.3 is 0 Å². The highest BCUT2D eigenvalue weighted by atomic mass is 35.5. The topological polar surface area (TPSA) is 47.1 Å². The summed E-state index contributed by atoms with van der Waals surface area (Å²) in [5.41, 5.74) is 8.29. The van der Waals surface area contributed by atoms with Crippen molar-refractivity contribution in [3.8, 4) is 10.4 Å². The number of benzene rings is 1. The lowest BCUT2D eigenvalue weighted by Gasteiger charge is -2.20. The lowest BCUT2D eigenvalue weighted by molar-refractivity contribution is 0.267. The highest BCUT2D eigenvalue weighted by molar-refractivity contribution is 7.15. The molecular weight excluding hydrogens is 340 g/mol. The molecule has 0 aliphatic rings. The number of thiophene rings is 1. The Hall–Kier alpha value is -1.66.